The molecule has 2 aromatic heterocycles. The van der Waals surface area contributed by atoms with Crippen molar-refractivity contribution in [3.05, 3.63) is 54.0 Å². The highest BCUT2D eigenvalue weighted by atomic mass is 15.0. The van der Waals surface area contributed by atoms with Gasteiger partial charge in [0.25, 0.3) is 0 Å². The second-order valence-electron chi connectivity index (χ2n) is 3.22. The molecule has 0 atom stereocenters. The largest absolute Gasteiger partial charge is 0.364 e. The van der Waals surface area contributed by atoms with Crippen molar-refractivity contribution in [2.24, 2.45) is 0 Å². The van der Waals surface area contributed by atoms with E-state index in [0.29, 0.717) is 17.9 Å². The number of nitrogens with one attached hydrogen (secondary N) is 1. The molecule has 0 aliphatic heterocycles. The third-order valence-corrected chi connectivity index (χ3v) is 2.07. The van der Waals surface area contributed by atoms with Crippen LogP contribution < -0.4 is 5.32 Å². The van der Waals surface area contributed by atoms with E-state index in [0.717, 1.165) is 5.69 Å². The van der Waals surface area contributed by atoms with Gasteiger partial charge in [0.2, 0.25) is 0 Å². The van der Waals surface area contributed by atoms with Gasteiger partial charge < -0.3 is 5.32 Å². The fourth-order valence-electron chi connectivity index (χ4n) is 1.28. The quantitative estimate of drug-likeness (QED) is 0.841. The molecule has 1 N–H and O–H groups in total. The average molecular weight is 210 g/mol. The molecule has 4 heteroatoms. The highest BCUT2D eigenvalue weighted by molar-refractivity contribution is 5.42. The van der Waals surface area contributed by atoms with E-state index < -0.39 is 0 Å². The Bertz CT molecular complexity index is 502. The third-order valence-electron chi connectivity index (χ3n) is 2.07. The van der Waals surface area contributed by atoms with Crippen LogP contribution in [0.1, 0.15) is 11.3 Å². The van der Waals surface area contributed by atoms with Crippen LogP contribution in [0.15, 0.2) is 42.7 Å². The van der Waals surface area contributed by atoms with Crippen LogP contribution in [0, 0.1) is 11.3 Å². The standard InChI is InChI=1S/C12H10N4/c13-8-10-4-6-15-12(7-10)16-9-11-3-1-2-5-14-11/h1-7H,9H2,(H,15,16). The molecule has 0 spiro atoms. The zero-order chi connectivity index (χ0) is 11.2. The maximum absolute atomic E-state index is 8.73. The summed E-state index contributed by atoms with van der Waals surface area (Å²) in [6.45, 7) is 0.600. The van der Waals surface area contributed by atoms with E-state index in [4.69, 9.17) is 5.26 Å². The van der Waals surface area contributed by atoms with E-state index in [-0.39, 0.29) is 0 Å². The van der Waals surface area contributed by atoms with Crippen LogP contribution in [-0.2, 0) is 6.54 Å². The maximum atomic E-state index is 8.73. The lowest BCUT2D eigenvalue weighted by Crippen LogP contribution is -2.02. The second-order valence-corrected chi connectivity index (χ2v) is 3.22. The van der Waals surface area contributed by atoms with Crippen LogP contribution >= 0.6 is 0 Å². The Hall–Kier alpha value is -2.41. The molecule has 0 aliphatic carbocycles. The van der Waals surface area contributed by atoms with Gasteiger partial charge in [-0.05, 0) is 24.3 Å². The van der Waals surface area contributed by atoms with Gasteiger partial charge in [-0.2, -0.15) is 5.26 Å². The first kappa shape index (κ1) is 10.1. The molecule has 2 rings (SSSR count). The lowest BCUT2D eigenvalue weighted by atomic mass is 10.3. The van der Waals surface area contributed by atoms with Gasteiger partial charge in [0.05, 0.1) is 23.9 Å². The smallest absolute Gasteiger partial charge is 0.127 e. The molecule has 4 nitrogen and oxygen atoms in total. The van der Waals surface area contributed by atoms with Gasteiger partial charge >= 0.3 is 0 Å². The molecule has 0 bridgehead atoms. The van der Waals surface area contributed by atoms with E-state index in [9.17, 15) is 0 Å². The van der Waals surface area contributed by atoms with E-state index in [1.807, 2.05) is 18.2 Å². The van der Waals surface area contributed by atoms with Gasteiger partial charge in [-0.1, -0.05) is 6.07 Å². The summed E-state index contributed by atoms with van der Waals surface area (Å²) in [5, 5.41) is 11.8. The lowest BCUT2D eigenvalue weighted by Gasteiger charge is -2.04. The predicted molar refractivity (Wildman–Crippen MR) is 60.5 cm³/mol. The summed E-state index contributed by atoms with van der Waals surface area (Å²) in [6.07, 6.45) is 3.36. The van der Waals surface area contributed by atoms with Gasteiger partial charge in [-0.3, -0.25) is 4.98 Å². The van der Waals surface area contributed by atoms with Crippen molar-refractivity contribution in [2.75, 3.05) is 5.32 Å². The zero-order valence-electron chi connectivity index (χ0n) is 8.59. The molecule has 0 unspecified atom stereocenters. The highest BCUT2D eigenvalue weighted by Gasteiger charge is 1.97. The molecule has 0 fully saturated rings. The summed E-state index contributed by atoms with van der Waals surface area (Å²) in [7, 11) is 0. The number of nitrogens with zero attached hydrogens (tertiary/aromatic N) is 3. The number of anilines is 1. The zero-order valence-corrected chi connectivity index (χ0v) is 8.59. The van der Waals surface area contributed by atoms with Crippen molar-refractivity contribution in [3.8, 4) is 6.07 Å². The number of rotatable bonds is 3. The van der Waals surface area contributed by atoms with Crippen LogP contribution in [-0.4, -0.2) is 9.97 Å². The van der Waals surface area contributed by atoms with E-state index >= 15 is 0 Å². The van der Waals surface area contributed by atoms with Crippen molar-refractivity contribution < 1.29 is 0 Å². The molecule has 0 aromatic carbocycles. The van der Waals surface area contributed by atoms with Crippen molar-refractivity contribution in [2.45, 2.75) is 6.54 Å². The topological polar surface area (TPSA) is 61.6 Å². The van der Waals surface area contributed by atoms with Crippen molar-refractivity contribution >= 4 is 5.82 Å². The number of aromatic nitrogens is 2. The van der Waals surface area contributed by atoms with E-state index in [1.165, 1.54) is 0 Å². The molecule has 0 amide bonds. The summed E-state index contributed by atoms with van der Waals surface area (Å²) < 4.78 is 0. The minimum Gasteiger partial charge on any atom is -0.364 e. The van der Waals surface area contributed by atoms with Crippen LogP contribution in [0.2, 0.25) is 0 Å². The summed E-state index contributed by atoms with van der Waals surface area (Å²) in [4.78, 5) is 8.29. The normalized spacial score (nSPS) is 9.44. The summed E-state index contributed by atoms with van der Waals surface area (Å²) in [5.74, 6) is 0.685. The first-order valence-corrected chi connectivity index (χ1v) is 4.88. The molecular weight excluding hydrogens is 200 g/mol. The number of pyridine rings is 2. The van der Waals surface area contributed by atoms with Gasteiger partial charge in [0.1, 0.15) is 5.82 Å². The van der Waals surface area contributed by atoms with Crippen molar-refractivity contribution in [3.63, 3.8) is 0 Å². The molecular formula is C12H10N4. The fraction of sp³-hybridized carbons (Fsp3) is 0.0833. The lowest BCUT2D eigenvalue weighted by molar-refractivity contribution is 1.03. The number of nitriles is 1. The molecule has 2 aromatic rings. The Labute approximate surface area is 93.6 Å². The second kappa shape index (κ2) is 4.89. The van der Waals surface area contributed by atoms with Gasteiger partial charge in [-0.25, -0.2) is 4.98 Å². The summed E-state index contributed by atoms with van der Waals surface area (Å²) >= 11 is 0. The summed E-state index contributed by atoms with van der Waals surface area (Å²) in [6, 6.07) is 11.2. The van der Waals surface area contributed by atoms with Gasteiger partial charge in [-0.15, -0.1) is 0 Å². The first-order chi connectivity index (χ1) is 7.88. The molecule has 16 heavy (non-hydrogen) atoms. The highest BCUT2D eigenvalue weighted by Crippen LogP contribution is 2.06. The van der Waals surface area contributed by atoms with Crippen molar-refractivity contribution in [1.82, 2.24) is 9.97 Å². The molecule has 0 aliphatic rings. The maximum Gasteiger partial charge on any atom is 0.127 e. The Kier molecular flexibility index (Phi) is 3.10. The van der Waals surface area contributed by atoms with Crippen LogP contribution in [0.25, 0.3) is 0 Å². The average Bonchev–Trinajstić information content (AvgIpc) is 2.38. The minimum absolute atomic E-state index is 0.596. The molecule has 0 radical (unpaired) electrons. The van der Waals surface area contributed by atoms with Crippen LogP contribution in [0.3, 0.4) is 0 Å². The van der Waals surface area contributed by atoms with E-state index in [1.54, 1.807) is 24.5 Å². The molecule has 0 saturated heterocycles. The Morgan fingerprint density at radius 3 is 2.88 bits per heavy atom. The van der Waals surface area contributed by atoms with E-state index in [2.05, 4.69) is 21.4 Å². The molecule has 0 saturated carbocycles. The first-order valence-electron chi connectivity index (χ1n) is 4.88. The summed E-state index contributed by atoms with van der Waals surface area (Å²) in [5.41, 5.74) is 1.53. The SMILES string of the molecule is N#Cc1ccnc(NCc2ccccn2)c1. The third kappa shape index (κ3) is 2.55. The minimum atomic E-state index is 0.596. The Balaban J connectivity index is 2.03. The van der Waals surface area contributed by atoms with Gasteiger partial charge in [0.15, 0.2) is 0 Å². The monoisotopic (exact) mass is 210 g/mol. The van der Waals surface area contributed by atoms with Crippen LogP contribution in [0.5, 0.6) is 0 Å². The van der Waals surface area contributed by atoms with Crippen molar-refractivity contribution in [1.29, 1.82) is 5.26 Å². The fourth-order valence-corrected chi connectivity index (χ4v) is 1.28. The van der Waals surface area contributed by atoms with Gasteiger partial charge in [0, 0.05) is 12.4 Å². The molecule has 78 valence electrons. The number of hydrogen-bond donors (Lipinski definition) is 1. The van der Waals surface area contributed by atoms with Crippen LogP contribution in [0.4, 0.5) is 5.82 Å². The molecule has 2 heterocycles. The Morgan fingerprint density at radius 2 is 2.12 bits per heavy atom. The Morgan fingerprint density at radius 1 is 1.19 bits per heavy atom. The predicted octanol–water partition coefficient (Wildman–Crippen LogP) is 1.96. The number of hydrogen-bond acceptors (Lipinski definition) is 4.